The van der Waals surface area contributed by atoms with Gasteiger partial charge in [-0.25, -0.2) is 4.79 Å². The van der Waals surface area contributed by atoms with Crippen molar-refractivity contribution in [1.29, 1.82) is 0 Å². The highest BCUT2D eigenvalue weighted by Gasteiger charge is 2.26. The summed E-state index contributed by atoms with van der Waals surface area (Å²) in [4.78, 5) is 43.8. The van der Waals surface area contributed by atoms with Crippen LogP contribution in [0.4, 0.5) is 5.69 Å². The second kappa shape index (κ2) is 6.46. The second-order valence-corrected chi connectivity index (χ2v) is 4.31. The molecule has 21 heavy (non-hydrogen) atoms. The Balaban J connectivity index is 3.07. The number of primary amides is 1. The average Bonchev–Trinajstić information content (AvgIpc) is 2.36. The van der Waals surface area contributed by atoms with Gasteiger partial charge in [0.05, 0.1) is 11.3 Å². The van der Waals surface area contributed by atoms with E-state index in [-0.39, 0.29) is 5.56 Å². The normalized spacial score (nSPS) is 11.5. The lowest BCUT2D eigenvalue weighted by Crippen LogP contribution is -2.43. The summed E-state index contributed by atoms with van der Waals surface area (Å²) in [5.41, 5.74) is 4.74. The zero-order chi connectivity index (χ0) is 16.2. The van der Waals surface area contributed by atoms with E-state index in [1.165, 1.54) is 12.1 Å². The van der Waals surface area contributed by atoms with Gasteiger partial charge in [-0.2, -0.15) is 0 Å². The molecule has 1 rings (SSSR count). The Morgan fingerprint density at radius 2 is 2.05 bits per heavy atom. The quantitative estimate of drug-likeness (QED) is 0.494. The third-order valence-corrected chi connectivity index (χ3v) is 2.60. The summed E-state index contributed by atoms with van der Waals surface area (Å²) in [5, 5.41) is 21.8. The van der Waals surface area contributed by atoms with Gasteiger partial charge in [0.25, 0.3) is 11.6 Å². The van der Waals surface area contributed by atoms with Crippen molar-refractivity contribution in [3.8, 4) is 0 Å². The molecule has 1 aromatic carbocycles. The van der Waals surface area contributed by atoms with Gasteiger partial charge in [0.2, 0.25) is 5.91 Å². The van der Waals surface area contributed by atoms with Crippen molar-refractivity contribution < 1.29 is 24.4 Å². The minimum atomic E-state index is -1.55. The number of benzene rings is 1. The summed E-state index contributed by atoms with van der Waals surface area (Å²) in [7, 11) is 0. The highest BCUT2D eigenvalue weighted by Crippen LogP contribution is 2.19. The standard InChI is InChI=1S/C12H13N3O6/c1-6-2-3-9(15(20)21)7(4-6)11(17)14-8(12(18)19)5-10(13)16/h2-4,8H,5H2,1H3,(H2,13,16)(H,14,17)(H,18,19). The van der Waals surface area contributed by atoms with E-state index in [0.717, 1.165) is 6.07 Å². The summed E-state index contributed by atoms with van der Waals surface area (Å²) in [6.07, 6.45) is -0.610. The first-order valence-electron chi connectivity index (χ1n) is 5.79. The molecular weight excluding hydrogens is 282 g/mol. The van der Waals surface area contributed by atoms with Crippen LogP contribution in [0.15, 0.2) is 18.2 Å². The van der Waals surface area contributed by atoms with E-state index in [4.69, 9.17) is 10.8 Å². The third-order valence-electron chi connectivity index (χ3n) is 2.60. The van der Waals surface area contributed by atoms with Gasteiger partial charge in [0.15, 0.2) is 0 Å². The van der Waals surface area contributed by atoms with Crippen molar-refractivity contribution in [2.45, 2.75) is 19.4 Å². The van der Waals surface area contributed by atoms with Crippen LogP contribution in [0.2, 0.25) is 0 Å². The van der Waals surface area contributed by atoms with Crippen LogP contribution in [-0.2, 0) is 9.59 Å². The van der Waals surface area contributed by atoms with E-state index in [1.54, 1.807) is 6.92 Å². The summed E-state index contributed by atoms with van der Waals surface area (Å²) in [6, 6.07) is 2.31. The van der Waals surface area contributed by atoms with Gasteiger partial charge in [-0.3, -0.25) is 19.7 Å². The number of nitrogens with two attached hydrogens (primary N) is 1. The molecule has 1 unspecified atom stereocenters. The van der Waals surface area contributed by atoms with Crippen LogP contribution >= 0.6 is 0 Å². The van der Waals surface area contributed by atoms with Crippen LogP contribution < -0.4 is 11.1 Å². The number of nitro groups is 1. The molecule has 2 amide bonds. The Morgan fingerprint density at radius 3 is 2.52 bits per heavy atom. The Kier molecular flexibility index (Phi) is 4.95. The monoisotopic (exact) mass is 295 g/mol. The first kappa shape index (κ1) is 16.1. The molecule has 0 aliphatic carbocycles. The Morgan fingerprint density at radius 1 is 1.43 bits per heavy atom. The van der Waals surface area contributed by atoms with Crippen molar-refractivity contribution in [2.24, 2.45) is 5.73 Å². The maximum absolute atomic E-state index is 12.0. The second-order valence-electron chi connectivity index (χ2n) is 4.31. The number of amides is 2. The number of aliphatic carboxylic acids is 1. The fourth-order valence-corrected chi connectivity index (χ4v) is 1.63. The van der Waals surface area contributed by atoms with Crippen molar-refractivity contribution in [3.63, 3.8) is 0 Å². The molecule has 0 bridgehead atoms. The minimum Gasteiger partial charge on any atom is -0.480 e. The molecule has 0 fully saturated rings. The largest absolute Gasteiger partial charge is 0.480 e. The molecule has 0 heterocycles. The molecule has 0 radical (unpaired) electrons. The van der Waals surface area contributed by atoms with Gasteiger partial charge in [-0.1, -0.05) is 6.07 Å². The van der Waals surface area contributed by atoms with E-state index < -0.39 is 40.9 Å². The van der Waals surface area contributed by atoms with E-state index in [0.29, 0.717) is 5.56 Å². The maximum atomic E-state index is 12.0. The number of rotatable bonds is 6. The highest BCUT2D eigenvalue weighted by molar-refractivity contribution is 6.00. The van der Waals surface area contributed by atoms with Gasteiger partial charge in [0.1, 0.15) is 11.6 Å². The number of aryl methyl sites for hydroxylation is 1. The molecular formula is C12H13N3O6. The predicted octanol–water partition coefficient (Wildman–Crippen LogP) is -0.0384. The Bertz CT molecular complexity index is 613. The number of carboxylic acid groups (broad SMARTS) is 1. The Labute approximate surface area is 118 Å². The molecule has 112 valence electrons. The zero-order valence-electron chi connectivity index (χ0n) is 11.0. The molecule has 0 saturated heterocycles. The predicted molar refractivity (Wildman–Crippen MR) is 70.5 cm³/mol. The topological polar surface area (TPSA) is 153 Å². The number of nitrogens with one attached hydrogen (secondary N) is 1. The van der Waals surface area contributed by atoms with Gasteiger partial charge in [0, 0.05) is 6.07 Å². The molecule has 0 saturated carbocycles. The number of hydrogen-bond acceptors (Lipinski definition) is 5. The van der Waals surface area contributed by atoms with Crippen LogP contribution in [0.5, 0.6) is 0 Å². The fourth-order valence-electron chi connectivity index (χ4n) is 1.63. The summed E-state index contributed by atoms with van der Waals surface area (Å²) in [6.45, 7) is 1.62. The summed E-state index contributed by atoms with van der Waals surface area (Å²) >= 11 is 0. The van der Waals surface area contributed by atoms with Crippen molar-refractivity contribution in [1.82, 2.24) is 5.32 Å². The van der Waals surface area contributed by atoms with Gasteiger partial charge < -0.3 is 16.2 Å². The highest BCUT2D eigenvalue weighted by atomic mass is 16.6. The van der Waals surface area contributed by atoms with Crippen LogP contribution in [0.3, 0.4) is 0 Å². The SMILES string of the molecule is Cc1ccc([N+](=O)[O-])c(C(=O)NC(CC(N)=O)C(=O)O)c1. The number of nitrogens with zero attached hydrogens (tertiary/aromatic N) is 1. The number of nitro benzene ring substituents is 1. The van der Waals surface area contributed by atoms with E-state index >= 15 is 0 Å². The lowest BCUT2D eigenvalue weighted by atomic mass is 10.1. The molecule has 9 heteroatoms. The van der Waals surface area contributed by atoms with Crippen LogP contribution in [-0.4, -0.2) is 33.9 Å². The molecule has 1 aromatic rings. The molecule has 9 nitrogen and oxygen atoms in total. The summed E-state index contributed by atoms with van der Waals surface area (Å²) in [5.74, 6) is -3.34. The third kappa shape index (κ3) is 4.27. The van der Waals surface area contributed by atoms with Gasteiger partial charge in [-0.15, -0.1) is 0 Å². The minimum absolute atomic E-state index is 0.282. The molecule has 1 atom stereocenters. The Hall–Kier alpha value is -2.97. The van der Waals surface area contributed by atoms with Crippen molar-refractivity contribution >= 4 is 23.5 Å². The van der Waals surface area contributed by atoms with Crippen LogP contribution in [0, 0.1) is 17.0 Å². The average molecular weight is 295 g/mol. The molecule has 4 N–H and O–H groups in total. The van der Waals surface area contributed by atoms with Gasteiger partial charge in [-0.05, 0) is 18.6 Å². The van der Waals surface area contributed by atoms with Crippen LogP contribution in [0.25, 0.3) is 0 Å². The lowest BCUT2D eigenvalue weighted by molar-refractivity contribution is -0.385. The van der Waals surface area contributed by atoms with E-state index in [1.807, 2.05) is 5.32 Å². The molecule has 0 spiro atoms. The number of carbonyl (C=O) groups excluding carboxylic acids is 2. The first-order chi connectivity index (χ1) is 9.72. The van der Waals surface area contributed by atoms with Crippen molar-refractivity contribution in [3.05, 3.63) is 39.4 Å². The number of carbonyl (C=O) groups is 3. The smallest absolute Gasteiger partial charge is 0.326 e. The first-order valence-corrected chi connectivity index (χ1v) is 5.79. The lowest BCUT2D eigenvalue weighted by Gasteiger charge is -2.13. The number of hydrogen-bond donors (Lipinski definition) is 3. The zero-order valence-corrected chi connectivity index (χ0v) is 11.0. The molecule has 0 aliphatic rings. The fraction of sp³-hybridized carbons (Fsp3) is 0.250. The number of carboxylic acids is 1. The summed E-state index contributed by atoms with van der Waals surface area (Å²) < 4.78 is 0. The van der Waals surface area contributed by atoms with E-state index in [9.17, 15) is 24.5 Å². The van der Waals surface area contributed by atoms with E-state index in [2.05, 4.69) is 0 Å². The van der Waals surface area contributed by atoms with Gasteiger partial charge >= 0.3 is 5.97 Å². The molecule has 0 aliphatic heterocycles. The van der Waals surface area contributed by atoms with Crippen LogP contribution in [0.1, 0.15) is 22.3 Å². The maximum Gasteiger partial charge on any atom is 0.326 e. The van der Waals surface area contributed by atoms with Crippen molar-refractivity contribution in [2.75, 3.05) is 0 Å². The molecule has 0 aromatic heterocycles.